The zero-order valence-electron chi connectivity index (χ0n) is 12.4. The van der Waals surface area contributed by atoms with E-state index in [0.29, 0.717) is 11.0 Å². The molecule has 0 heterocycles. The van der Waals surface area contributed by atoms with Gasteiger partial charge in [-0.25, -0.2) is 0 Å². The number of anilines is 1. The standard InChI is InChI=1S/C15H24N2S2/c1-6-19-12-9-7-8-11(13(12)14(16)18)17-10(2)15(3,4)5/h7-10,17H,6H2,1-5H3,(H2,16,18). The third-order valence-corrected chi connectivity index (χ3v) is 4.39. The lowest BCUT2D eigenvalue weighted by Crippen LogP contribution is -2.31. The van der Waals surface area contributed by atoms with E-state index >= 15 is 0 Å². The third-order valence-electron chi connectivity index (χ3n) is 3.24. The highest BCUT2D eigenvalue weighted by molar-refractivity contribution is 7.99. The first-order chi connectivity index (χ1) is 8.77. The van der Waals surface area contributed by atoms with Crippen LogP contribution in [0, 0.1) is 5.41 Å². The van der Waals surface area contributed by atoms with Crippen molar-refractivity contribution in [2.75, 3.05) is 11.1 Å². The Hall–Kier alpha value is -0.740. The fourth-order valence-corrected chi connectivity index (χ4v) is 2.77. The van der Waals surface area contributed by atoms with Crippen molar-refractivity contribution < 1.29 is 0 Å². The number of rotatable bonds is 5. The average molecular weight is 297 g/mol. The first kappa shape index (κ1) is 16.3. The van der Waals surface area contributed by atoms with Crippen molar-refractivity contribution >= 4 is 34.7 Å². The van der Waals surface area contributed by atoms with Crippen LogP contribution in [-0.4, -0.2) is 16.8 Å². The Morgan fingerprint density at radius 1 is 1.42 bits per heavy atom. The second kappa shape index (κ2) is 6.62. The van der Waals surface area contributed by atoms with Crippen LogP contribution >= 0.6 is 24.0 Å². The van der Waals surface area contributed by atoms with Crippen molar-refractivity contribution in [3.8, 4) is 0 Å². The number of hydrogen-bond acceptors (Lipinski definition) is 3. The molecule has 1 unspecified atom stereocenters. The summed E-state index contributed by atoms with van der Waals surface area (Å²) in [5.74, 6) is 1.01. The van der Waals surface area contributed by atoms with Crippen LogP contribution in [-0.2, 0) is 0 Å². The first-order valence-electron chi connectivity index (χ1n) is 6.59. The van der Waals surface area contributed by atoms with Gasteiger partial charge in [-0.1, -0.05) is 46.0 Å². The molecule has 0 aromatic heterocycles. The highest BCUT2D eigenvalue weighted by Gasteiger charge is 2.21. The maximum atomic E-state index is 5.91. The molecule has 1 aromatic rings. The number of benzene rings is 1. The third kappa shape index (κ3) is 4.39. The summed E-state index contributed by atoms with van der Waals surface area (Å²) in [5.41, 5.74) is 8.10. The van der Waals surface area contributed by atoms with Gasteiger partial charge in [0.2, 0.25) is 0 Å². The van der Waals surface area contributed by atoms with Crippen molar-refractivity contribution in [3.63, 3.8) is 0 Å². The molecule has 0 aliphatic rings. The summed E-state index contributed by atoms with van der Waals surface area (Å²) in [5, 5.41) is 3.55. The summed E-state index contributed by atoms with van der Waals surface area (Å²) in [7, 11) is 0. The SMILES string of the molecule is CCSc1cccc(NC(C)C(C)(C)C)c1C(N)=S. The maximum absolute atomic E-state index is 5.91. The molecule has 0 bridgehead atoms. The van der Waals surface area contributed by atoms with Crippen molar-refractivity contribution in [2.24, 2.45) is 11.1 Å². The quantitative estimate of drug-likeness (QED) is 0.628. The van der Waals surface area contributed by atoms with E-state index in [-0.39, 0.29) is 5.41 Å². The van der Waals surface area contributed by atoms with E-state index in [2.05, 4.69) is 58.1 Å². The van der Waals surface area contributed by atoms with Gasteiger partial charge in [0.1, 0.15) is 4.99 Å². The monoisotopic (exact) mass is 296 g/mol. The lowest BCUT2D eigenvalue weighted by Gasteiger charge is -2.30. The Morgan fingerprint density at radius 2 is 2.05 bits per heavy atom. The van der Waals surface area contributed by atoms with Crippen molar-refractivity contribution in [2.45, 2.75) is 45.6 Å². The van der Waals surface area contributed by atoms with E-state index in [4.69, 9.17) is 18.0 Å². The van der Waals surface area contributed by atoms with Gasteiger partial charge >= 0.3 is 0 Å². The van der Waals surface area contributed by atoms with Gasteiger partial charge in [-0.2, -0.15) is 0 Å². The first-order valence-corrected chi connectivity index (χ1v) is 7.99. The van der Waals surface area contributed by atoms with Crippen molar-refractivity contribution in [3.05, 3.63) is 23.8 Å². The smallest absolute Gasteiger partial charge is 0.107 e. The topological polar surface area (TPSA) is 38.0 Å². The predicted molar refractivity (Wildman–Crippen MR) is 91.3 cm³/mol. The molecule has 0 amide bonds. The van der Waals surface area contributed by atoms with Gasteiger partial charge in [-0.3, -0.25) is 0 Å². The molecule has 4 heteroatoms. The van der Waals surface area contributed by atoms with Gasteiger partial charge in [-0.05, 0) is 30.2 Å². The molecule has 0 spiro atoms. The molecule has 1 rings (SSSR count). The lowest BCUT2D eigenvalue weighted by atomic mass is 9.88. The molecule has 2 nitrogen and oxygen atoms in total. The van der Waals surface area contributed by atoms with Crippen LogP contribution in [0.1, 0.15) is 40.2 Å². The minimum absolute atomic E-state index is 0.182. The molecule has 0 aliphatic carbocycles. The van der Waals surface area contributed by atoms with Crippen molar-refractivity contribution in [1.82, 2.24) is 0 Å². The molecule has 1 aromatic carbocycles. The van der Waals surface area contributed by atoms with E-state index < -0.39 is 0 Å². The van der Waals surface area contributed by atoms with Crippen molar-refractivity contribution in [1.29, 1.82) is 0 Å². The van der Waals surface area contributed by atoms with Gasteiger partial charge in [0, 0.05) is 22.2 Å². The van der Waals surface area contributed by atoms with Crippen LogP contribution in [0.4, 0.5) is 5.69 Å². The van der Waals surface area contributed by atoms with Gasteiger partial charge in [0.05, 0.1) is 0 Å². The number of thioether (sulfide) groups is 1. The largest absolute Gasteiger partial charge is 0.389 e. The Kier molecular flexibility index (Phi) is 5.68. The number of thiocarbonyl (C=S) groups is 1. The molecule has 0 saturated carbocycles. The summed E-state index contributed by atoms with van der Waals surface area (Å²) in [6.07, 6.45) is 0. The molecule has 0 radical (unpaired) electrons. The fraction of sp³-hybridized carbons (Fsp3) is 0.533. The molecule has 0 saturated heterocycles. The highest BCUT2D eigenvalue weighted by atomic mass is 32.2. The van der Waals surface area contributed by atoms with Gasteiger partial charge < -0.3 is 11.1 Å². The van der Waals surface area contributed by atoms with Crippen LogP contribution < -0.4 is 11.1 Å². The van der Waals surface area contributed by atoms with Gasteiger partial charge in [0.15, 0.2) is 0 Å². The molecular weight excluding hydrogens is 272 g/mol. The normalized spacial score (nSPS) is 13.1. The Labute approximate surface area is 126 Å². The van der Waals surface area contributed by atoms with Crippen LogP contribution in [0.25, 0.3) is 0 Å². The minimum Gasteiger partial charge on any atom is -0.389 e. The average Bonchev–Trinajstić information content (AvgIpc) is 2.27. The predicted octanol–water partition coefficient (Wildman–Crippen LogP) is 4.28. The summed E-state index contributed by atoms with van der Waals surface area (Å²) in [6.45, 7) is 11.0. The zero-order chi connectivity index (χ0) is 14.6. The van der Waals surface area contributed by atoms with E-state index in [1.807, 2.05) is 0 Å². The number of hydrogen-bond donors (Lipinski definition) is 2. The highest BCUT2D eigenvalue weighted by Crippen LogP contribution is 2.31. The Bertz CT molecular complexity index is 450. The fourth-order valence-electron chi connectivity index (χ4n) is 1.63. The van der Waals surface area contributed by atoms with Gasteiger partial charge in [0.25, 0.3) is 0 Å². The summed E-state index contributed by atoms with van der Waals surface area (Å²) in [6, 6.07) is 6.52. The second-order valence-electron chi connectivity index (χ2n) is 5.71. The van der Waals surface area contributed by atoms with Crippen LogP contribution in [0.3, 0.4) is 0 Å². The van der Waals surface area contributed by atoms with Gasteiger partial charge in [-0.15, -0.1) is 11.8 Å². The molecule has 1 atom stereocenters. The molecule has 106 valence electrons. The number of nitrogens with two attached hydrogens (primary N) is 1. The van der Waals surface area contributed by atoms with Crippen LogP contribution in [0.5, 0.6) is 0 Å². The Balaban J connectivity index is 3.13. The zero-order valence-corrected chi connectivity index (χ0v) is 14.0. The maximum Gasteiger partial charge on any atom is 0.107 e. The lowest BCUT2D eigenvalue weighted by molar-refractivity contribution is 0.359. The molecule has 3 N–H and O–H groups in total. The van der Waals surface area contributed by atoms with E-state index in [9.17, 15) is 0 Å². The van der Waals surface area contributed by atoms with Crippen LogP contribution in [0.2, 0.25) is 0 Å². The molecule has 0 aliphatic heterocycles. The Morgan fingerprint density at radius 3 is 2.53 bits per heavy atom. The molecule has 0 fully saturated rings. The van der Waals surface area contributed by atoms with E-state index in [0.717, 1.165) is 21.9 Å². The number of nitrogens with one attached hydrogen (secondary N) is 1. The van der Waals surface area contributed by atoms with E-state index in [1.54, 1.807) is 11.8 Å². The summed E-state index contributed by atoms with van der Waals surface area (Å²) >= 11 is 6.99. The molecular formula is C15H24N2S2. The summed E-state index contributed by atoms with van der Waals surface area (Å²) < 4.78 is 0. The van der Waals surface area contributed by atoms with Crippen LogP contribution in [0.15, 0.2) is 23.1 Å². The second-order valence-corrected chi connectivity index (χ2v) is 7.45. The minimum atomic E-state index is 0.182. The van der Waals surface area contributed by atoms with E-state index in [1.165, 1.54) is 0 Å². The summed E-state index contributed by atoms with van der Waals surface area (Å²) in [4.78, 5) is 1.61. The molecule has 19 heavy (non-hydrogen) atoms.